The van der Waals surface area contributed by atoms with Crippen LogP contribution in [0.5, 0.6) is 0 Å². The molecule has 5 N–H and O–H groups in total. The zero-order valence-electron chi connectivity index (χ0n) is 13.7. The highest BCUT2D eigenvalue weighted by atomic mass is 16.6. The Bertz CT molecular complexity index is 768. The summed E-state index contributed by atoms with van der Waals surface area (Å²) in [6, 6.07) is 12.7. The van der Waals surface area contributed by atoms with Gasteiger partial charge in [-0.25, -0.2) is 4.79 Å². The Morgan fingerprint density at radius 1 is 1.23 bits per heavy atom. The number of aliphatic hydroxyl groups excluding tert-OH is 2. The Morgan fingerprint density at radius 3 is 2.58 bits per heavy atom. The van der Waals surface area contributed by atoms with Gasteiger partial charge in [0.15, 0.2) is 0 Å². The summed E-state index contributed by atoms with van der Waals surface area (Å²) >= 11 is 0. The molecule has 2 aromatic carbocycles. The quantitative estimate of drug-likeness (QED) is 0.332. The van der Waals surface area contributed by atoms with Gasteiger partial charge in [0.25, 0.3) is 5.69 Å². The van der Waals surface area contributed by atoms with Gasteiger partial charge in [0.1, 0.15) is 24.5 Å². The van der Waals surface area contributed by atoms with Crippen molar-refractivity contribution in [3.8, 4) is 0 Å². The number of benzene rings is 2. The number of hydrogen-bond acceptors (Lipinski definition) is 7. The fourth-order valence-corrected chi connectivity index (χ4v) is 2.20. The third kappa shape index (κ3) is 5.16. The number of nitrogens with two attached hydrogens (primary N) is 1. The zero-order chi connectivity index (χ0) is 19.1. The van der Waals surface area contributed by atoms with Crippen molar-refractivity contribution in [3.63, 3.8) is 0 Å². The minimum absolute atomic E-state index is 0.0527. The van der Waals surface area contributed by atoms with Crippen LogP contribution in [0.15, 0.2) is 48.5 Å². The molecule has 0 saturated heterocycles. The molecule has 2 unspecified atom stereocenters. The highest BCUT2D eigenvalue weighted by Crippen LogP contribution is 2.27. The third-order valence-electron chi connectivity index (χ3n) is 3.63. The smallest absolute Gasteiger partial charge is 0.407 e. The molecule has 26 heavy (non-hydrogen) atoms. The summed E-state index contributed by atoms with van der Waals surface area (Å²) in [6.07, 6.45) is -3.59. The largest absolute Gasteiger partial charge is 0.445 e. The van der Waals surface area contributed by atoms with Crippen LogP contribution in [0.2, 0.25) is 0 Å². The number of anilines is 1. The predicted molar refractivity (Wildman–Crippen MR) is 93.1 cm³/mol. The average molecular weight is 361 g/mol. The molecule has 0 heterocycles. The van der Waals surface area contributed by atoms with Crippen LogP contribution in [-0.4, -0.2) is 33.9 Å². The number of nitrogens with zero attached hydrogens (tertiary/aromatic N) is 1. The maximum atomic E-state index is 11.6. The van der Waals surface area contributed by atoms with E-state index in [0.29, 0.717) is 0 Å². The SMILES string of the molecule is Nc1ccc(C(O)C(O)CNC(=O)OCc2ccccc2)cc1[N+](=O)[O-]. The summed E-state index contributed by atoms with van der Waals surface area (Å²) in [5.41, 5.74) is 5.98. The van der Waals surface area contributed by atoms with Gasteiger partial charge in [0.2, 0.25) is 0 Å². The van der Waals surface area contributed by atoms with Gasteiger partial charge in [0, 0.05) is 12.6 Å². The number of hydrogen-bond donors (Lipinski definition) is 4. The van der Waals surface area contributed by atoms with E-state index in [-0.39, 0.29) is 30.1 Å². The summed E-state index contributed by atoms with van der Waals surface area (Å²) in [5.74, 6) is 0. The standard InChI is InChI=1S/C17H19N3O6/c18-13-7-6-12(8-14(13)20(24)25)16(22)15(21)9-19-17(23)26-10-11-4-2-1-3-5-11/h1-8,15-16,21-22H,9-10,18H2,(H,19,23). The summed E-state index contributed by atoms with van der Waals surface area (Å²) in [6.45, 7) is -0.234. The van der Waals surface area contributed by atoms with E-state index >= 15 is 0 Å². The second-order valence-corrected chi connectivity index (χ2v) is 5.53. The number of nitro groups is 1. The summed E-state index contributed by atoms with van der Waals surface area (Å²) in [4.78, 5) is 21.8. The van der Waals surface area contributed by atoms with E-state index in [4.69, 9.17) is 10.5 Å². The van der Waals surface area contributed by atoms with Crippen LogP contribution < -0.4 is 11.1 Å². The van der Waals surface area contributed by atoms with Gasteiger partial charge in [-0.1, -0.05) is 36.4 Å². The normalized spacial score (nSPS) is 12.8. The van der Waals surface area contributed by atoms with Crippen molar-refractivity contribution >= 4 is 17.5 Å². The van der Waals surface area contributed by atoms with Crippen LogP contribution >= 0.6 is 0 Å². The highest BCUT2D eigenvalue weighted by Gasteiger charge is 2.22. The van der Waals surface area contributed by atoms with Crippen molar-refractivity contribution in [2.24, 2.45) is 0 Å². The maximum absolute atomic E-state index is 11.6. The fourth-order valence-electron chi connectivity index (χ4n) is 2.20. The lowest BCUT2D eigenvalue weighted by Crippen LogP contribution is -2.35. The molecule has 0 bridgehead atoms. The van der Waals surface area contributed by atoms with Crippen LogP contribution in [0.25, 0.3) is 0 Å². The van der Waals surface area contributed by atoms with Crippen LogP contribution in [-0.2, 0) is 11.3 Å². The average Bonchev–Trinajstić information content (AvgIpc) is 2.64. The number of nitrogen functional groups attached to an aromatic ring is 1. The molecule has 138 valence electrons. The molecule has 0 spiro atoms. The predicted octanol–water partition coefficient (Wildman–Crippen LogP) is 1.50. The van der Waals surface area contributed by atoms with Crippen molar-refractivity contribution < 1.29 is 24.7 Å². The Kier molecular flexibility index (Phi) is 6.48. The molecule has 0 radical (unpaired) electrons. The molecular weight excluding hydrogens is 342 g/mol. The number of nitro benzene ring substituents is 1. The van der Waals surface area contributed by atoms with Crippen molar-refractivity contribution in [1.82, 2.24) is 5.32 Å². The van der Waals surface area contributed by atoms with E-state index in [0.717, 1.165) is 11.6 Å². The maximum Gasteiger partial charge on any atom is 0.407 e. The van der Waals surface area contributed by atoms with Crippen molar-refractivity contribution in [3.05, 3.63) is 69.8 Å². The molecule has 9 heteroatoms. The fraction of sp³-hybridized carbons (Fsp3) is 0.235. The summed E-state index contributed by atoms with van der Waals surface area (Å²) in [5, 5.41) is 33.3. The lowest BCUT2D eigenvalue weighted by molar-refractivity contribution is -0.384. The molecule has 0 aliphatic heterocycles. The highest BCUT2D eigenvalue weighted by molar-refractivity contribution is 5.67. The molecule has 2 aromatic rings. The number of nitrogens with one attached hydrogen (secondary N) is 1. The number of alkyl carbamates (subject to hydrolysis) is 1. The van der Waals surface area contributed by atoms with Gasteiger partial charge < -0.3 is 26.0 Å². The molecule has 0 aliphatic rings. The van der Waals surface area contributed by atoms with E-state index < -0.39 is 23.2 Å². The Balaban J connectivity index is 1.86. The molecule has 0 aromatic heterocycles. The van der Waals surface area contributed by atoms with Crippen LogP contribution in [0.4, 0.5) is 16.2 Å². The molecular formula is C17H19N3O6. The summed E-state index contributed by atoms with van der Waals surface area (Å²) in [7, 11) is 0. The van der Waals surface area contributed by atoms with E-state index in [1.54, 1.807) is 12.1 Å². The van der Waals surface area contributed by atoms with E-state index in [2.05, 4.69) is 5.32 Å². The first-order valence-corrected chi connectivity index (χ1v) is 7.73. The second kappa shape index (κ2) is 8.79. The van der Waals surface area contributed by atoms with Crippen LogP contribution in [0.3, 0.4) is 0 Å². The van der Waals surface area contributed by atoms with Gasteiger partial charge in [-0.3, -0.25) is 10.1 Å². The lowest BCUT2D eigenvalue weighted by Gasteiger charge is -2.18. The first kappa shape index (κ1) is 19.2. The van der Waals surface area contributed by atoms with Gasteiger partial charge in [-0.2, -0.15) is 0 Å². The number of amides is 1. The van der Waals surface area contributed by atoms with Crippen LogP contribution in [0, 0.1) is 10.1 Å². The number of aliphatic hydroxyl groups is 2. The molecule has 0 aliphatic carbocycles. The van der Waals surface area contributed by atoms with E-state index in [9.17, 15) is 25.1 Å². The number of carbonyl (C=O) groups is 1. The lowest BCUT2D eigenvalue weighted by atomic mass is 10.0. The van der Waals surface area contributed by atoms with Crippen molar-refractivity contribution in [1.29, 1.82) is 0 Å². The minimum Gasteiger partial charge on any atom is -0.445 e. The van der Waals surface area contributed by atoms with E-state index in [1.165, 1.54) is 12.1 Å². The molecule has 0 fully saturated rings. The number of carbonyl (C=O) groups excluding carboxylic acids is 1. The molecule has 0 saturated carbocycles. The minimum atomic E-state index is -1.44. The van der Waals surface area contributed by atoms with Crippen molar-refractivity contribution in [2.45, 2.75) is 18.8 Å². The monoisotopic (exact) mass is 361 g/mol. The van der Waals surface area contributed by atoms with Crippen LogP contribution in [0.1, 0.15) is 17.2 Å². The first-order valence-electron chi connectivity index (χ1n) is 7.73. The van der Waals surface area contributed by atoms with E-state index in [1.807, 2.05) is 18.2 Å². The third-order valence-corrected chi connectivity index (χ3v) is 3.63. The molecule has 2 rings (SSSR count). The molecule has 1 amide bonds. The Labute approximate surface area is 149 Å². The van der Waals surface area contributed by atoms with Gasteiger partial charge >= 0.3 is 6.09 Å². The second-order valence-electron chi connectivity index (χ2n) is 5.53. The van der Waals surface area contributed by atoms with Crippen molar-refractivity contribution in [2.75, 3.05) is 12.3 Å². The van der Waals surface area contributed by atoms with Gasteiger partial charge in [0.05, 0.1) is 4.92 Å². The first-order chi connectivity index (χ1) is 12.4. The zero-order valence-corrected chi connectivity index (χ0v) is 13.7. The number of ether oxygens (including phenoxy) is 1. The summed E-state index contributed by atoms with van der Waals surface area (Å²) < 4.78 is 4.98. The molecule has 9 nitrogen and oxygen atoms in total. The van der Waals surface area contributed by atoms with Gasteiger partial charge in [-0.15, -0.1) is 0 Å². The Hall–Kier alpha value is -3.17. The van der Waals surface area contributed by atoms with Gasteiger partial charge in [-0.05, 0) is 17.2 Å². The Morgan fingerprint density at radius 2 is 1.92 bits per heavy atom. The number of rotatable bonds is 7. The molecule has 2 atom stereocenters. The topological polar surface area (TPSA) is 148 Å².